The van der Waals surface area contributed by atoms with E-state index in [1.807, 2.05) is 0 Å². The molecule has 0 saturated heterocycles. The lowest BCUT2D eigenvalue weighted by atomic mass is 10.0. The second-order valence-electron chi connectivity index (χ2n) is 3.46. The smallest absolute Gasteiger partial charge is 0.310 e. The van der Waals surface area contributed by atoms with Crippen LogP contribution < -0.4 is 0 Å². The van der Waals surface area contributed by atoms with Crippen molar-refractivity contribution in [3.63, 3.8) is 0 Å². The molecule has 0 bridgehead atoms. The number of benzene rings is 1. The summed E-state index contributed by atoms with van der Waals surface area (Å²) < 4.78 is 74.1. The van der Waals surface area contributed by atoms with E-state index in [0.717, 1.165) is 6.07 Å². The predicted molar refractivity (Wildman–Crippen MR) is 46.9 cm³/mol. The van der Waals surface area contributed by atoms with Crippen molar-refractivity contribution in [2.45, 2.75) is 24.9 Å². The molecule has 0 amide bonds. The van der Waals surface area contributed by atoms with Crippen LogP contribution in [-0.4, -0.2) is 17.5 Å². The summed E-state index contributed by atoms with van der Waals surface area (Å²) in [5, 5.41) is 9.22. The zero-order chi connectivity index (χ0) is 13.2. The Labute approximate surface area is 92.7 Å². The van der Waals surface area contributed by atoms with Gasteiger partial charge in [-0.25, -0.2) is 26.3 Å². The van der Waals surface area contributed by atoms with Crippen LogP contribution in [0.4, 0.5) is 26.3 Å². The molecule has 0 spiro atoms. The molecule has 1 nitrogen and oxygen atoms in total. The van der Waals surface area contributed by atoms with Gasteiger partial charge in [-0.1, -0.05) is 6.07 Å². The molecule has 0 aliphatic heterocycles. The van der Waals surface area contributed by atoms with Crippen LogP contribution >= 0.6 is 0 Å². The minimum absolute atomic E-state index is 0.385. The van der Waals surface area contributed by atoms with Gasteiger partial charge in [-0.2, -0.15) is 0 Å². The topological polar surface area (TPSA) is 20.2 Å². The summed E-state index contributed by atoms with van der Waals surface area (Å²) in [6.45, 7) is 0. The predicted octanol–water partition coefficient (Wildman–Crippen LogP) is 3.29. The van der Waals surface area contributed by atoms with Crippen LogP contribution in [0.2, 0.25) is 0 Å². The van der Waals surface area contributed by atoms with Crippen molar-refractivity contribution < 1.29 is 31.4 Å². The lowest BCUT2D eigenvalue weighted by Gasteiger charge is -2.19. The van der Waals surface area contributed by atoms with Crippen molar-refractivity contribution in [2.75, 3.05) is 0 Å². The Bertz CT molecular complexity index is 392. The first kappa shape index (κ1) is 13.8. The molecule has 1 unspecified atom stereocenters. The van der Waals surface area contributed by atoms with Crippen molar-refractivity contribution >= 4 is 0 Å². The molecule has 1 N–H and O–H groups in total. The number of aliphatic hydroxyl groups excluding tert-OH is 1. The maximum atomic E-state index is 12.7. The van der Waals surface area contributed by atoms with Crippen LogP contribution in [0, 0.1) is 11.6 Å². The van der Waals surface area contributed by atoms with Crippen LogP contribution in [-0.2, 0) is 0 Å². The summed E-state index contributed by atoms with van der Waals surface area (Å²) >= 11 is 0. The first-order valence-corrected chi connectivity index (χ1v) is 4.53. The number of aliphatic hydroxyl groups is 1. The largest absolute Gasteiger partial charge is 0.388 e. The van der Waals surface area contributed by atoms with Gasteiger partial charge in [0.25, 0.3) is 0 Å². The highest BCUT2D eigenvalue weighted by Crippen LogP contribution is 2.33. The third-order valence-electron chi connectivity index (χ3n) is 2.11. The lowest BCUT2D eigenvalue weighted by molar-refractivity contribution is -0.149. The monoisotopic (exact) mass is 258 g/mol. The average molecular weight is 258 g/mol. The van der Waals surface area contributed by atoms with Gasteiger partial charge in [0.05, 0.1) is 6.10 Å². The summed E-state index contributed by atoms with van der Waals surface area (Å²) in [7, 11) is 0. The van der Waals surface area contributed by atoms with Crippen molar-refractivity contribution in [3.8, 4) is 0 Å². The van der Waals surface area contributed by atoms with E-state index in [1.165, 1.54) is 0 Å². The molecular weight excluding hydrogens is 250 g/mol. The maximum absolute atomic E-state index is 12.7. The molecule has 0 saturated carbocycles. The second kappa shape index (κ2) is 4.95. The first-order valence-electron chi connectivity index (χ1n) is 4.53. The lowest BCUT2D eigenvalue weighted by Crippen LogP contribution is -2.28. The Morgan fingerprint density at radius 2 is 1.71 bits per heavy atom. The molecule has 0 aromatic heterocycles. The summed E-state index contributed by atoms with van der Waals surface area (Å²) in [5.74, 6) is -6.95. The molecule has 17 heavy (non-hydrogen) atoms. The Morgan fingerprint density at radius 1 is 1.12 bits per heavy atom. The van der Waals surface area contributed by atoms with Crippen molar-refractivity contribution in [2.24, 2.45) is 0 Å². The zero-order valence-corrected chi connectivity index (χ0v) is 8.31. The third-order valence-corrected chi connectivity index (χ3v) is 2.11. The molecule has 1 aromatic rings. The Balaban J connectivity index is 2.83. The highest BCUT2D eigenvalue weighted by Gasteiger charge is 2.42. The molecule has 7 heteroatoms. The van der Waals surface area contributed by atoms with Crippen LogP contribution in [0.3, 0.4) is 0 Å². The molecule has 1 rings (SSSR count). The Kier molecular flexibility index (Phi) is 4.03. The number of hydrogen-bond acceptors (Lipinski definition) is 1. The van der Waals surface area contributed by atoms with E-state index in [1.54, 1.807) is 0 Å². The molecule has 0 aliphatic rings. The summed E-state index contributed by atoms with van der Waals surface area (Å²) in [6, 6.07) is 1.96. The normalized spacial score (nSPS) is 14.1. The fourth-order valence-electron chi connectivity index (χ4n) is 1.18. The number of alkyl halides is 4. The van der Waals surface area contributed by atoms with E-state index in [0.29, 0.717) is 12.1 Å². The van der Waals surface area contributed by atoms with Gasteiger partial charge in [-0.05, 0) is 17.7 Å². The van der Waals surface area contributed by atoms with Crippen LogP contribution in [0.5, 0.6) is 0 Å². The van der Waals surface area contributed by atoms with E-state index in [-0.39, 0.29) is 5.56 Å². The van der Waals surface area contributed by atoms with E-state index in [9.17, 15) is 31.4 Å². The Morgan fingerprint density at radius 3 is 2.18 bits per heavy atom. The summed E-state index contributed by atoms with van der Waals surface area (Å²) in [6.07, 6.45) is -7.48. The van der Waals surface area contributed by atoms with E-state index >= 15 is 0 Å². The van der Waals surface area contributed by atoms with Gasteiger partial charge in [0, 0.05) is 6.42 Å². The van der Waals surface area contributed by atoms with Gasteiger partial charge in [0.1, 0.15) is 0 Å². The SMILES string of the molecule is OC(CC(F)(F)C(F)F)c1ccc(F)c(F)c1. The highest BCUT2D eigenvalue weighted by atomic mass is 19.3. The summed E-state index contributed by atoms with van der Waals surface area (Å²) in [4.78, 5) is 0. The summed E-state index contributed by atoms with van der Waals surface area (Å²) in [5.41, 5.74) is -0.385. The molecular formula is C10H8F6O. The molecule has 0 aliphatic carbocycles. The van der Waals surface area contributed by atoms with E-state index < -0.39 is 36.5 Å². The van der Waals surface area contributed by atoms with Gasteiger partial charge < -0.3 is 5.11 Å². The number of halogens is 6. The van der Waals surface area contributed by atoms with Crippen LogP contribution in [0.1, 0.15) is 18.1 Å². The minimum Gasteiger partial charge on any atom is -0.388 e. The number of hydrogen-bond donors (Lipinski definition) is 1. The quantitative estimate of drug-likeness (QED) is 0.821. The minimum atomic E-state index is -4.38. The molecule has 0 heterocycles. The van der Waals surface area contributed by atoms with E-state index in [4.69, 9.17) is 0 Å². The van der Waals surface area contributed by atoms with Gasteiger partial charge in [0.15, 0.2) is 11.6 Å². The van der Waals surface area contributed by atoms with Crippen molar-refractivity contribution in [1.29, 1.82) is 0 Å². The van der Waals surface area contributed by atoms with E-state index in [2.05, 4.69) is 0 Å². The molecule has 0 radical (unpaired) electrons. The fourth-order valence-corrected chi connectivity index (χ4v) is 1.18. The molecule has 96 valence electrons. The average Bonchev–Trinajstić information content (AvgIpc) is 2.21. The fraction of sp³-hybridized carbons (Fsp3) is 0.400. The second-order valence-corrected chi connectivity index (χ2v) is 3.46. The van der Waals surface area contributed by atoms with Gasteiger partial charge in [0.2, 0.25) is 0 Å². The Hall–Kier alpha value is -1.24. The van der Waals surface area contributed by atoms with Crippen molar-refractivity contribution in [3.05, 3.63) is 35.4 Å². The molecule has 0 fully saturated rings. The maximum Gasteiger partial charge on any atom is 0.310 e. The number of rotatable bonds is 4. The van der Waals surface area contributed by atoms with Crippen LogP contribution in [0.15, 0.2) is 18.2 Å². The standard InChI is InChI=1S/C10H8F6O/c11-6-2-1-5(3-7(6)12)8(17)4-10(15,16)9(13)14/h1-3,8-9,17H,4H2. The third kappa shape index (κ3) is 3.36. The van der Waals surface area contributed by atoms with Crippen LogP contribution in [0.25, 0.3) is 0 Å². The highest BCUT2D eigenvalue weighted by molar-refractivity contribution is 5.20. The molecule has 1 aromatic carbocycles. The van der Waals surface area contributed by atoms with Gasteiger partial charge >= 0.3 is 12.3 Å². The van der Waals surface area contributed by atoms with Crippen molar-refractivity contribution in [1.82, 2.24) is 0 Å². The van der Waals surface area contributed by atoms with Gasteiger partial charge in [-0.3, -0.25) is 0 Å². The first-order chi connectivity index (χ1) is 7.74. The zero-order valence-electron chi connectivity index (χ0n) is 8.31. The van der Waals surface area contributed by atoms with Gasteiger partial charge in [-0.15, -0.1) is 0 Å². The molecule has 1 atom stereocenters.